The molecule has 0 spiro atoms. The monoisotopic (exact) mass is 255 g/mol. The van der Waals surface area contributed by atoms with E-state index in [4.69, 9.17) is 0 Å². The second-order valence-electron chi connectivity index (χ2n) is 3.04. The summed E-state index contributed by atoms with van der Waals surface area (Å²) in [5.41, 5.74) is 2.02. The van der Waals surface area contributed by atoms with Crippen molar-refractivity contribution in [1.82, 2.24) is 15.6 Å². The van der Waals surface area contributed by atoms with Crippen LogP contribution < -0.4 is 15.6 Å². The van der Waals surface area contributed by atoms with Crippen LogP contribution in [0.15, 0.2) is 47.9 Å². The number of urea groups is 1. The molecule has 0 aliphatic rings. The molecule has 0 aromatic heterocycles. The molecule has 0 atom stereocenters. The summed E-state index contributed by atoms with van der Waals surface area (Å²) in [6.07, 6.45) is 1.48. The zero-order chi connectivity index (χ0) is 12.7. The van der Waals surface area contributed by atoms with E-state index in [-0.39, 0.29) is 11.4 Å². The van der Waals surface area contributed by atoms with E-state index >= 15 is 0 Å². The highest BCUT2D eigenvalue weighted by Gasteiger charge is 2.13. The number of nitrogens with one attached hydrogen (secondary N) is 3. The molecule has 0 aliphatic carbocycles. The summed E-state index contributed by atoms with van der Waals surface area (Å²) in [6, 6.07) is 7.07. The Morgan fingerprint density at radius 2 is 1.94 bits per heavy atom. The molecule has 0 aliphatic heterocycles. The second-order valence-corrected chi connectivity index (χ2v) is 4.72. The highest BCUT2D eigenvalue weighted by Crippen LogP contribution is 2.05. The normalized spacial score (nSPS) is 10.6. The summed E-state index contributed by atoms with van der Waals surface area (Å²) < 4.78 is 23.3. The molecule has 1 aromatic rings. The first-order valence-corrected chi connectivity index (χ1v) is 6.26. The van der Waals surface area contributed by atoms with E-state index in [1.165, 1.54) is 18.2 Å². The molecule has 0 saturated carbocycles. The fourth-order valence-corrected chi connectivity index (χ4v) is 1.84. The van der Waals surface area contributed by atoms with E-state index in [9.17, 15) is 13.2 Å². The van der Waals surface area contributed by atoms with Crippen molar-refractivity contribution in [3.63, 3.8) is 0 Å². The van der Waals surface area contributed by atoms with Crippen LogP contribution in [-0.2, 0) is 10.0 Å². The van der Waals surface area contributed by atoms with Gasteiger partial charge in [0.05, 0.1) is 4.90 Å². The van der Waals surface area contributed by atoms with Gasteiger partial charge in [0.15, 0.2) is 0 Å². The van der Waals surface area contributed by atoms with Gasteiger partial charge in [-0.2, -0.15) is 0 Å². The van der Waals surface area contributed by atoms with Gasteiger partial charge in [0.2, 0.25) is 0 Å². The fourth-order valence-electron chi connectivity index (χ4n) is 0.981. The van der Waals surface area contributed by atoms with Gasteiger partial charge < -0.3 is 5.32 Å². The third-order valence-corrected chi connectivity index (χ3v) is 3.02. The van der Waals surface area contributed by atoms with Crippen LogP contribution in [0.5, 0.6) is 0 Å². The van der Waals surface area contributed by atoms with Crippen LogP contribution >= 0.6 is 0 Å². The summed E-state index contributed by atoms with van der Waals surface area (Å²) in [4.78, 5) is 13.1. The lowest BCUT2D eigenvalue weighted by molar-refractivity contribution is 0.240. The Labute approximate surface area is 99.7 Å². The average molecular weight is 255 g/mol. The molecule has 17 heavy (non-hydrogen) atoms. The first-order valence-electron chi connectivity index (χ1n) is 4.78. The maximum atomic E-state index is 11.6. The Hall–Kier alpha value is -1.86. The van der Waals surface area contributed by atoms with Gasteiger partial charge in [-0.15, -0.1) is 11.4 Å². The van der Waals surface area contributed by atoms with Gasteiger partial charge >= 0.3 is 6.03 Å². The lowest BCUT2D eigenvalue weighted by Crippen LogP contribution is -2.46. The number of hydrogen-bond acceptors (Lipinski definition) is 3. The number of rotatable bonds is 5. The van der Waals surface area contributed by atoms with Crippen LogP contribution in [-0.4, -0.2) is 21.0 Å². The van der Waals surface area contributed by atoms with Crippen molar-refractivity contribution in [3.8, 4) is 0 Å². The van der Waals surface area contributed by atoms with Gasteiger partial charge in [0, 0.05) is 6.54 Å². The SMILES string of the molecule is C=CCNC(=O)NNS(=O)(=O)c1ccccc1. The summed E-state index contributed by atoms with van der Waals surface area (Å²) >= 11 is 0. The highest BCUT2D eigenvalue weighted by atomic mass is 32.2. The Balaban J connectivity index is 2.57. The molecule has 0 saturated heterocycles. The fraction of sp³-hybridized carbons (Fsp3) is 0.100. The molecular weight excluding hydrogens is 242 g/mol. The molecule has 1 aromatic carbocycles. The zero-order valence-corrected chi connectivity index (χ0v) is 9.83. The molecule has 0 unspecified atom stereocenters. The van der Waals surface area contributed by atoms with Crippen molar-refractivity contribution < 1.29 is 13.2 Å². The van der Waals surface area contributed by atoms with Gasteiger partial charge in [-0.1, -0.05) is 24.3 Å². The summed E-state index contributed by atoms with van der Waals surface area (Å²) in [6.45, 7) is 3.66. The van der Waals surface area contributed by atoms with Crippen LogP contribution in [0.2, 0.25) is 0 Å². The molecule has 1 rings (SSSR count). The molecular formula is C10H13N3O3S. The predicted octanol–water partition coefficient (Wildman–Crippen LogP) is 0.365. The van der Waals surface area contributed by atoms with Crippen LogP contribution in [0, 0.1) is 0 Å². The van der Waals surface area contributed by atoms with Crippen molar-refractivity contribution in [2.24, 2.45) is 0 Å². The lowest BCUT2D eigenvalue weighted by atomic mass is 10.4. The molecule has 0 fully saturated rings. The molecule has 6 nitrogen and oxygen atoms in total. The Morgan fingerprint density at radius 3 is 2.53 bits per heavy atom. The van der Waals surface area contributed by atoms with Crippen molar-refractivity contribution in [2.75, 3.05) is 6.54 Å². The standard InChI is InChI=1S/C10H13N3O3S/c1-2-8-11-10(14)12-13-17(15,16)9-6-4-3-5-7-9/h2-7,13H,1,8H2,(H2,11,12,14). The molecule has 0 radical (unpaired) electrons. The number of hydrazine groups is 1. The quantitative estimate of drug-likeness (QED) is 0.524. The molecule has 0 heterocycles. The number of amides is 2. The Morgan fingerprint density at radius 1 is 1.29 bits per heavy atom. The lowest BCUT2D eigenvalue weighted by Gasteiger charge is -2.08. The van der Waals surface area contributed by atoms with Gasteiger partial charge in [-0.25, -0.2) is 13.2 Å². The molecule has 7 heteroatoms. The Bertz CT molecular complexity index is 485. The van der Waals surface area contributed by atoms with Gasteiger partial charge in [0.1, 0.15) is 0 Å². The van der Waals surface area contributed by atoms with E-state index in [0.29, 0.717) is 0 Å². The maximum Gasteiger partial charge on any atom is 0.330 e. The second kappa shape index (κ2) is 6.02. The minimum Gasteiger partial charge on any atom is -0.334 e. The largest absolute Gasteiger partial charge is 0.334 e. The molecule has 3 N–H and O–H groups in total. The van der Waals surface area contributed by atoms with Crippen molar-refractivity contribution >= 4 is 16.1 Å². The number of carbonyl (C=O) groups excluding carboxylic acids is 1. The molecule has 92 valence electrons. The molecule has 0 bridgehead atoms. The number of sulfonamides is 1. The smallest absolute Gasteiger partial charge is 0.330 e. The predicted molar refractivity (Wildman–Crippen MR) is 63.5 cm³/mol. The third kappa shape index (κ3) is 4.25. The number of carbonyl (C=O) groups is 1. The topological polar surface area (TPSA) is 87.3 Å². The highest BCUT2D eigenvalue weighted by molar-refractivity contribution is 7.89. The third-order valence-electron chi connectivity index (χ3n) is 1.76. The summed E-state index contributed by atoms with van der Waals surface area (Å²) in [7, 11) is -3.73. The van der Waals surface area contributed by atoms with Gasteiger partial charge in [0.25, 0.3) is 10.0 Å². The van der Waals surface area contributed by atoms with Crippen molar-refractivity contribution in [3.05, 3.63) is 43.0 Å². The molecule has 2 amide bonds. The van der Waals surface area contributed by atoms with Crippen LogP contribution in [0.3, 0.4) is 0 Å². The van der Waals surface area contributed by atoms with Crippen LogP contribution in [0.4, 0.5) is 4.79 Å². The van der Waals surface area contributed by atoms with E-state index < -0.39 is 16.1 Å². The first-order chi connectivity index (χ1) is 8.06. The summed E-state index contributed by atoms with van der Waals surface area (Å²) in [5.74, 6) is 0. The average Bonchev–Trinajstić information content (AvgIpc) is 2.35. The van der Waals surface area contributed by atoms with Gasteiger partial charge in [-0.3, -0.25) is 5.43 Å². The van der Waals surface area contributed by atoms with E-state index in [2.05, 4.69) is 11.9 Å². The number of hydrogen-bond donors (Lipinski definition) is 3. The van der Waals surface area contributed by atoms with Crippen molar-refractivity contribution in [2.45, 2.75) is 4.90 Å². The first kappa shape index (κ1) is 13.2. The maximum absolute atomic E-state index is 11.6. The van der Waals surface area contributed by atoms with E-state index in [0.717, 1.165) is 0 Å². The number of benzene rings is 1. The summed E-state index contributed by atoms with van der Waals surface area (Å²) in [5, 5.41) is 2.36. The van der Waals surface area contributed by atoms with Crippen LogP contribution in [0.1, 0.15) is 0 Å². The zero-order valence-electron chi connectivity index (χ0n) is 9.01. The minimum atomic E-state index is -3.73. The minimum absolute atomic E-state index is 0.0732. The van der Waals surface area contributed by atoms with E-state index in [1.807, 2.05) is 10.3 Å². The van der Waals surface area contributed by atoms with Crippen molar-refractivity contribution in [1.29, 1.82) is 0 Å². The van der Waals surface area contributed by atoms with Crippen LogP contribution in [0.25, 0.3) is 0 Å². The van der Waals surface area contributed by atoms with Gasteiger partial charge in [-0.05, 0) is 12.1 Å². The Kier molecular flexibility index (Phi) is 4.68. The van der Waals surface area contributed by atoms with E-state index in [1.54, 1.807) is 18.2 Å².